The van der Waals surface area contributed by atoms with Crippen LogP contribution in [-0.4, -0.2) is 46.6 Å². The Kier molecular flexibility index (Phi) is 7.13. The van der Waals surface area contributed by atoms with E-state index in [9.17, 15) is 14.7 Å². The standard InChI is InChI=1S/C29H38N2O3/c1-21-7-6-19-31(21)20-16-22-8-10-23(11-9-22)24-12-14-25(15-13-24)29(17-4-5-18-29)26(32)30-28(2,3)27(33)34/h8-15,21H,4-7,16-20H2,1-3H3,(H,30,32)(H,33,34)/t21-/m1/s1. The molecular weight excluding hydrogens is 424 g/mol. The highest BCUT2D eigenvalue weighted by Gasteiger charge is 2.45. The normalized spacial score (nSPS) is 20.4. The predicted molar refractivity (Wildman–Crippen MR) is 136 cm³/mol. The number of hydrogen-bond donors (Lipinski definition) is 2. The van der Waals surface area contributed by atoms with Gasteiger partial charge in [0.15, 0.2) is 0 Å². The molecule has 2 aliphatic rings. The number of benzene rings is 2. The third-order valence-electron chi connectivity index (χ3n) is 7.96. The second-order valence-electron chi connectivity index (χ2n) is 10.7. The maximum absolute atomic E-state index is 13.3. The lowest BCUT2D eigenvalue weighted by atomic mass is 9.77. The molecule has 34 heavy (non-hydrogen) atoms. The third kappa shape index (κ3) is 5.05. The highest BCUT2D eigenvalue weighted by atomic mass is 16.4. The number of carbonyl (C=O) groups is 2. The van der Waals surface area contributed by atoms with Crippen LogP contribution in [0.4, 0.5) is 0 Å². The molecule has 2 fully saturated rings. The van der Waals surface area contributed by atoms with Crippen molar-refractivity contribution in [3.8, 4) is 11.1 Å². The minimum absolute atomic E-state index is 0.179. The Morgan fingerprint density at radius 1 is 1.00 bits per heavy atom. The topological polar surface area (TPSA) is 69.6 Å². The number of carbonyl (C=O) groups excluding carboxylic acids is 1. The molecule has 2 N–H and O–H groups in total. The Balaban J connectivity index is 1.46. The fourth-order valence-electron chi connectivity index (χ4n) is 5.53. The molecule has 1 amide bonds. The zero-order chi connectivity index (χ0) is 24.3. The quantitative estimate of drug-likeness (QED) is 0.568. The minimum atomic E-state index is -1.29. The van der Waals surface area contributed by atoms with Gasteiger partial charge in [0.1, 0.15) is 5.54 Å². The van der Waals surface area contributed by atoms with Gasteiger partial charge in [-0.1, -0.05) is 61.4 Å². The molecule has 1 aliphatic heterocycles. The summed E-state index contributed by atoms with van der Waals surface area (Å²) in [6.45, 7) is 7.74. The van der Waals surface area contributed by atoms with Crippen molar-refractivity contribution in [2.45, 2.75) is 82.7 Å². The summed E-state index contributed by atoms with van der Waals surface area (Å²) in [5.74, 6) is -1.20. The van der Waals surface area contributed by atoms with Gasteiger partial charge in [-0.05, 0) is 81.7 Å². The summed E-state index contributed by atoms with van der Waals surface area (Å²) >= 11 is 0. The van der Waals surface area contributed by atoms with Crippen molar-refractivity contribution in [3.63, 3.8) is 0 Å². The second kappa shape index (κ2) is 9.91. The average molecular weight is 463 g/mol. The first-order chi connectivity index (χ1) is 16.2. The van der Waals surface area contributed by atoms with E-state index < -0.39 is 16.9 Å². The van der Waals surface area contributed by atoms with Gasteiger partial charge in [0.2, 0.25) is 5.91 Å². The van der Waals surface area contributed by atoms with Crippen LogP contribution < -0.4 is 5.32 Å². The third-order valence-corrected chi connectivity index (χ3v) is 7.96. The van der Waals surface area contributed by atoms with E-state index in [0.717, 1.165) is 49.8 Å². The van der Waals surface area contributed by atoms with Gasteiger partial charge >= 0.3 is 5.97 Å². The van der Waals surface area contributed by atoms with E-state index in [1.165, 1.54) is 44.4 Å². The Bertz CT molecular complexity index is 1000. The number of nitrogens with zero attached hydrogens (tertiary/aromatic N) is 1. The zero-order valence-electron chi connectivity index (χ0n) is 20.8. The zero-order valence-corrected chi connectivity index (χ0v) is 20.8. The van der Waals surface area contributed by atoms with Gasteiger partial charge in [-0.25, -0.2) is 4.79 Å². The largest absolute Gasteiger partial charge is 0.480 e. The lowest BCUT2D eigenvalue weighted by molar-refractivity contribution is -0.147. The molecule has 1 heterocycles. The van der Waals surface area contributed by atoms with Gasteiger partial charge in [-0.15, -0.1) is 0 Å². The van der Waals surface area contributed by atoms with Crippen LogP contribution in [0, 0.1) is 0 Å². The van der Waals surface area contributed by atoms with Crippen molar-refractivity contribution >= 4 is 11.9 Å². The van der Waals surface area contributed by atoms with Crippen LogP contribution in [0.25, 0.3) is 11.1 Å². The molecule has 0 unspecified atom stereocenters. The molecule has 5 heteroatoms. The Morgan fingerprint density at radius 2 is 1.59 bits per heavy atom. The van der Waals surface area contributed by atoms with Gasteiger partial charge in [-0.2, -0.15) is 0 Å². The Hall–Kier alpha value is -2.66. The van der Waals surface area contributed by atoms with Crippen LogP contribution in [0.15, 0.2) is 48.5 Å². The molecule has 1 saturated carbocycles. The van der Waals surface area contributed by atoms with Crippen LogP contribution in [0.5, 0.6) is 0 Å². The molecule has 0 bridgehead atoms. The summed E-state index contributed by atoms with van der Waals surface area (Å²) in [5.41, 5.74) is 2.69. The Labute approximate surface area is 203 Å². The maximum atomic E-state index is 13.3. The van der Waals surface area contributed by atoms with Crippen LogP contribution in [0.3, 0.4) is 0 Å². The fourth-order valence-corrected chi connectivity index (χ4v) is 5.53. The van der Waals surface area contributed by atoms with Crippen molar-refractivity contribution in [3.05, 3.63) is 59.7 Å². The SMILES string of the molecule is C[C@@H]1CCCN1CCc1ccc(-c2ccc(C3(C(=O)NC(C)(C)C(=O)O)CCCC3)cc2)cc1. The summed E-state index contributed by atoms with van der Waals surface area (Å²) in [6.07, 6.45) is 7.15. The predicted octanol–water partition coefficient (Wildman–Crippen LogP) is 5.17. The molecule has 1 aliphatic carbocycles. The molecule has 0 aromatic heterocycles. The van der Waals surface area contributed by atoms with Crippen LogP contribution in [0.2, 0.25) is 0 Å². The molecule has 4 rings (SSSR count). The lowest BCUT2D eigenvalue weighted by Crippen LogP contribution is -2.55. The fraction of sp³-hybridized carbons (Fsp3) is 0.517. The van der Waals surface area contributed by atoms with Gasteiger partial charge < -0.3 is 15.3 Å². The highest BCUT2D eigenvalue weighted by molar-refractivity contribution is 5.93. The van der Waals surface area contributed by atoms with Crippen molar-refractivity contribution in [1.29, 1.82) is 0 Å². The molecule has 0 spiro atoms. The molecule has 0 radical (unpaired) electrons. The van der Waals surface area contributed by atoms with E-state index in [1.807, 2.05) is 0 Å². The van der Waals surface area contributed by atoms with Gasteiger partial charge in [-0.3, -0.25) is 4.79 Å². The number of amides is 1. The number of aliphatic carboxylic acids is 1. The van der Waals surface area contributed by atoms with Crippen molar-refractivity contribution in [2.75, 3.05) is 13.1 Å². The monoisotopic (exact) mass is 462 g/mol. The molecule has 2 aromatic carbocycles. The first-order valence-electron chi connectivity index (χ1n) is 12.7. The van der Waals surface area contributed by atoms with Crippen molar-refractivity contribution < 1.29 is 14.7 Å². The summed E-state index contributed by atoms with van der Waals surface area (Å²) in [6, 6.07) is 17.8. The molecule has 5 nitrogen and oxygen atoms in total. The lowest BCUT2D eigenvalue weighted by Gasteiger charge is -2.32. The van der Waals surface area contributed by atoms with Gasteiger partial charge in [0, 0.05) is 12.6 Å². The van der Waals surface area contributed by atoms with Crippen molar-refractivity contribution in [1.82, 2.24) is 10.2 Å². The van der Waals surface area contributed by atoms with Crippen LogP contribution in [-0.2, 0) is 21.4 Å². The van der Waals surface area contributed by atoms with E-state index in [1.54, 1.807) is 0 Å². The minimum Gasteiger partial charge on any atom is -0.480 e. The van der Waals surface area contributed by atoms with Gasteiger partial charge in [0.05, 0.1) is 5.41 Å². The smallest absolute Gasteiger partial charge is 0.328 e. The maximum Gasteiger partial charge on any atom is 0.328 e. The second-order valence-corrected chi connectivity index (χ2v) is 10.7. The van der Waals surface area contributed by atoms with Crippen LogP contribution >= 0.6 is 0 Å². The van der Waals surface area contributed by atoms with E-state index in [-0.39, 0.29) is 5.91 Å². The summed E-state index contributed by atoms with van der Waals surface area (Å²) in [7, 11) is 0. The molecule has 2 aromatic rings. The number of nitrogens with one attached hydrogen (secondary N) is 1. The average Bonchev–Trinajstić information content (AvgIpc) is 3.48. The molecular formula is C29H38N2O3. The molecule has 1 atom stereocenters. The molecule has 182 valence electrons. The van der Waals surface area contributed by atoms with Gasteiger partial charge in [0.25, 0.3) is 0 Å². The van der Waals surface area contributed by atoms with Crippen molar-refractivity contribution in [2.24, 2.45) is 0 Å². The first kappa shape index (κ1) is 24.5. The highest BCUT2D eigenvalue weighted by Crippen LogP contribution is 2.42. The van der Waals surface area contributed by atoms with E-state index in [2.05, 4.69) is 65.7 Å². The summed E-state index contributed by atoms with van der Waals surface area (Å²) in [4.78, 5) is 27.4. The Morgan fingerprint density at radius 3 is 2.12 bits per heavy atom. The molecule has 1 saturated heterocycles. The summed E-state index contributed by atoms with van der Waals surface area (Å²) in [5, 5.41) is 12.2. The summed E-state index contributed by atoms with van der Waals surface area (Å²) < 4.78 is 0. The van der Waals surface area contributed by atoms with E-state index >= 15 is 0 Å². The number of carboxylic acid groups (broad SMARTS) is 1. The number of rotatable bonds is 8. The number of hydrogen-bond acceptors (Lipinski definition) is 3. The number of carboxylic acids is 1. The van der Waals surface area contributed by atoms with Crippen LogP contribution in [0.1, 0.15) is 70.4 Å². The van der Waals surface area contributed by atoms with E-state index in [0.29, 0.717) is 6.04 Å². The number of likely N-dealkylation sites (tertiary alicyclic amines) is 1. The first-order valence-corrected chi connectivity index (χ1v) is 12.7. The van der Waals surface area contributed by atoms with E-state index in [4.69, 9.17) is 0 Å².